The molecule has 19 heavy (non-hydrogen) atoms. The molecule has 1 saturated carbocycles. The van der Waals surface area contributed by atoms with Crippen molar-refractivity contribution in [1.82, 2.24) is 14.9 Å². The maximum absolute atomic E-state index is 5.86. The first-order chi connectivity index (χ1) is 9.27. The summed E-state index contributed by atoms with van der Waals surface area (Å²) in [5, 5.41) is 3.40. The lowest BCUT2D eigenvalue weighted by atomic mass is 9.75. The normalized spacial score (nSPS) is 27.3. The van der Waals surface area contributed by atoms with Crippen molar-refractivity contribution in [1.29, 1.82) is 0 Å². The molecule has 106 valence electrons. The maximum atomic E-state index is 5.86. The van der Waals surface area contributed by atoms with Gasteiger partial charge in [-0.05, 0) is 18.3 Å². The molecule has 3 rings (SSSR count). The summed E-state index contributed by atoms with van der Waals surface area (Å²) in [6.45, 7) is 6.18. The summed E-state index contributed by atoms with van der Waals surface area (Å²) in [5.41, 5.74) is 1.68. The molecule has 1 aromatic heterocycles. The molecule has 0 amide bonds. The quantitative estimate of drug-likeness (QED) is 0.910. The van der Waals surface area contributed by atoms with Crippen molar-refractivity contribution in [2.24, 2.45) is 5.41 Å². The van der Waals surface area contributed by atoms with E-state index in [4.69, 9.17) is 4.74 Å². The van der Waals surface area contributed by atoms with E-state index in [0.29, 0.717) is 5.41 Å². The number of rotatable bonds is 3. The Balaban J connectivity index is 1.72. The van der Waals surface area contributed by atoms with Crippen LogP contribution < -0.4 is 5.32 Å². The van der Waals surface area contributed by atoms with Gasteiger partial charge in [0.15, 0.2) is 0 Å². The van der Waals surface area contributed by atoms with Crippen molar-refractivity contribution in [3.63, 3.8) is 0 Å². The average molecular weight is 263 g/mol. The molecule has 0 aromatic carbocycles. The van der Waals surface area contributed by atoms with Crippen LogP contribution in [0.4, 0.5) is 0 Å². The van der Waals surface area contributed by atoms with E-state index in [0.717, 1.165) is 26.2 Å². The molecule has 4 nitrogen and oxygen atoms in total. The minimum absolute atomic E-state index is 0.170. The summed E-state index contributed by atoms with van der Waals surface area (Å²) in [6, 6.07) is 0. The summed E-state index contributed by atoms with van der Waals surface area (Å²) in [6.07, 6.45) is 11.0. The number of hydrogen-bond donors (Lipinski definition) is 1. The van der Waals surface area contributed by atoms with E-state index < -0.39 is 0 Å². The zero-order valence-electron chi connectivity index (χ0n) is 11.9. The van der Waals surface area contributed by atoms with Crippen molar-refractivity contribution in [3.05, 3.63) is 18.2 Å². The van der Waals surface area contributed by atoms with Gasteiger partial charge in [0.2, 0.25) is 0 Å². The Morgan fingerprint density at radius 2 is 2.26 bits per heavy atom. The third-order valence-corrected chi connectivity index (χ3v) is 4.61. The third kappa shape index (κ3) is 3.00. The molecule has 2 aliphatic rings. The number of hydrogen-bond acceptors (Lipinski definition) is 3. The second-order valence-electron chi connectivity index (χ2n) is 6.38. The minimum Gasteiger partial charge on any atom is -0.369 e. The molecular weight excluding hydrogens is 238 g/mol. The van der Waals surface area contributed by atoms with E-state index in [1.54, 1.807) is 0 Å². The zero-order valence-corrected chi connectivity index (χ0v) is 11.9. The van der Waals surface area contributed by atoms with E-state index in [1.807, 2.05) is 12.5 Å². The predicted molar refractivity (Wildman–Crippen MR) is 75.0 cm³/mol. The smallest absolute Gasteiger partial charge is 0.111 e. The lowest BCUT2D eigenvalue weighted by Crippen LogP contribution is -2.35. The van der Waals surface area contributed by atoms with Gasteiger partial charge in [-0.3, -0.25) is 0 Å². The maximum Gasteiger partial charge on any atom is 0.111 e. The summed E-state index contributed by atoms with van der Waals surface area (Å²) in [5.74, 6) is 0. The van der Waals surface area contributed by atoms with Crippen molar-refractivity contribution in [2.45, 2.75) is 51.7 Å². The second-order valence-corrected chi connectivity index (χ2v) is 6.38. The fourth-order valence-electron chi connectivity index (χ4n) is 3.46. The van der Waals surface area contributed by atoms with Gasteiger partial charge in [-0.1, -0.05) is 26.2 Å². The van der Waals surface area contributed by atoms with Crippen LogP contribution in [0.2, 0.25) is 0 Å². The van der Waals surface area contributed by atoms with Crippen LogP contribution in [0.5, 0.6) is 0 Å². The van der Waals surface area contributed by atoms with Crippen LogP contribution in [0, 0.1) is 5.41 Å². The Morgan fingerprint density at radius 3 is 3.00 bits per heavy atom. The first-order valence-electron chi connectivity index (χ1n) is 7.59. The zero-order chi connectivity index (χ0) is 13.1. The fourth-order valence-corrected chi connectivity index (χ4v) is 3.46. The Labute approximate surface area is 115 Å². The molecule has 0 radical (unpaired) electrons. The highest BCUT2D eigenvalue weighted by atomic mass is 16.5. The number of nitrogens with zero attached hydrogens (tertiary/aromatic N) is 2. The molecule has 1 N–H and O–H groups in total. The molecule has 2 heterocycles. The highest BCUT2D eigenvalue weighted by molar-refractivity contribution is 5.05. The van der Waals surface area contributed by atoms with Crippen molar-refractivity contribution in [2.75, 3.05) is 19.7 Å². The van der Waals surface area contributed by atoms with Crippen LogP contribution in [0.1, 0.15) is 50.8 Å². The molecule has 0 bridgehead atoms. The van der Waals surface area contributed by atoms with Gasteiger partial charge in [0.25, 0.3) is 0 Å². The van der Waals surface area contributed by atoms with Gasteiger partial charge in [-0.2, -0.15) is 0 Å². The van der Waals surface area contributed by atoms with Crippen LogP contribution >= 0.6 is 0 Å². The molecular formula is C15H25N3O. The molecule has 1 aliphatic carbocycles. The standard InChI is InChI=1S/C15H25N3O/c1-15(5-3-2-4-6-15)11-18-12-17-9-13(18)14-10-16-7-8-19-14/h9,12,14,16H,2-8,10-11H2,1H3. The third-order valence-electron chi connectivity index (χ3n) is 4.61. The van der Waals surface area contributed by atoms with Gasteiger partial charge in [0, 0.05) is 19.6 Å². The van der Waals surface area contributed by atoms with Gasteiger partial charge >= 0.3 is 0 Å². The monoisotopic (exact) mass is 263 g/mol. The van der Waals surface area contributed by atoms with Gasteiger partial charge < -0.3 is 14.6 Å². The van der Waals surface area contributed by atoms with Gasteiger partial charge in [0.05, 0.1) is 24.8 Å². The topological polar surface area (TPSA) is 39.1 Å². The van der Waals surface area contributed by atoms with Crippen LogP contribution in [-0.4, -0.2) is 29.2 Å². The largest absolute Gasteiger partial charge is 0.369 e. The number of ether oxygens (including phenoxy) is 1. The SMILES string of the molecule is CC1(Cn2cncc2C2CNCCO2)CCCCC1. The summed E-state index contributed by atoms with van der Waals surface area (Å²) < 4.78 is 8.18. The second kappa shape index (κ2) is 5.63. The predicted octanol–water partition coefficient (Wildman–Crippen LogP) is 2.51. The van der Waals surface area contributed by atoms with Crippen LogP contribution in [0.15, 0.2) is 12.5 Å². The summed E-state index contributed by atoms with van der Waals surface area (Å²) >= 11 is 0. The van der Waals surface area contributed by atoms with Gasteiger partial charge in [-0.25, -0.2) is 4.98 Å². The lowest BCUT2D eigenvalue weighted by Gasteiger charge is -2.35. The van der Waals surface area contributed by atoms with Crippen molar-refractivity contribution < 1.29 is 4.74 Å². The van der Waals surface area contributed by atoms with E-state index in [9.17, 15) is 0 Å². The molecule has 4 heteroatoms. The molecule has 1 unspecified atom stereocenters. The fraction of sp³-hybridized carbons (Fsp3) is 0.800. The van der Waals surface area contributed by atoms with Crippen LogP contribution in [0.25, 0.3) is 0 Å². The minimum atomic E-state index is 0.170. The Bertz CT molecular complexity index is 403. The van der Waals surface area contributed by atoms with Gasteiger partial charge in [0.1, 0.15) is 6.10 Å². The van der Waals surface area contributed by atoms with Crippen molar-refractivity contribution >= 4 is 0 Å². The lowest BCUT2D eigenvalue weighted by molar-refractivity contribution is 0.0211. The molecule has 1 saturated heterocycles. The Kier molecular flexibility index (Phi) is 3.89. The molecule has 0 spiro atoms. The van der Waals surface area contributed by atoms with E-state index in [-0.39, 0.29) is 6.10 Å². The highest BCUT2D eigenvalue weighted by Crippen LogP contribution is 2.37. The molecule has 1 aliphatic heterocycles. The van der Waals surface area contributed by atoms with E-state index in [2.05, 4.69) is 21.8 Å². The van der Waals surface area contributed by atoms with Crippen molar-refractivity contribution in [3.8, 4) is 0 Å². The molecule has 1 aromatic rings. The van der Waals surface area contributed by atoms with E-state index >= 15 is 0 Å². The number of aromatic nitrogens is 2. The van der Waals surface area contributed by atoms with Crippen LogP contribution in [-0.2, 0) is 11.3 Å². The number of imidazole rings is 1. The first kappa shape index (κ1) is 13.1. The average Bonchev–Trinajstić information content (AvgIpc) is 2.88. The molecule has 1 atom stereocenters. The number of nitrogens with one attached hydrogen (secondary N) is 1. The first-order valence-corrected chi connectivity index (χ1v) is 7.59. The van der Waals surface area contributed by atoms with Crippen LogP contribution in [0.3, 0.4) is 0 Å². The summed E-state index contributed by atoms with van der Waals surface area (Å²) in [4.78, 5) is 4.35. The van der Waals surface area contributed by atoms with Gasteiger partial charge in [-0.15, -0.1) is 0 Å². The Morgan fingerprint density at radius 1 is 1.42 bits per heavy atom. The Hall–Kier alpha value is -0.870. The molecule has 2 fully saturated rings. The highest BCUT2D eigenvalue weighted by Gasteiger charge is 2.29. The summed E-state index contributed by atoms with van der Waals surface area (Å²) in [7, 11) is 0. The van der Waals surface area contributed by atoms with E-state index in [1.165, 1.54) is 37.8 Å². The number of morpholine rings is 1.